The Morgan fingerprint density at radius 1 is 1.31 bits per heavy atom. The molecule has 0 saturated heterocycles. The molecule has 0 bridgehead atoms. The Bertz CT molecular complexity index is 169. The van der Waals surface area contributed by atoms with Gasteiger partial charge < -0.3 is 11.1 Å². The first kappa shape index (κ1) is 9.47. The van der Waals surface area contributed by atoms with Crippen LogP contribution in [-0.4, -0.2) is 18.6 Å². The van der Waals surface area contributed by atoms with Crippen LogP contribution in [0.1, 0.15) is 39.0 Å². The van der Waals surface area contributed by atoms with Crippen molar-refractivity contribution < 1.29 is 0 Å². The standard InChI is InChI=1S/C11H22N2/c1-2-9-6-11(9)13-7-8-3-4-10(12)5-8/h8-11,13H,2-7,12H2,1H3. The van der Waals surface area contributed by atoms with Gasteiger partial charge in [0.25, 0.3) is 0 Å². The second-order valence-electron chi connectivity index (χ2n) is 4.86. The van der Waals surface area contributed by atoms with Gasteiger partial charge in [-0.05, 0) is 44.1 Å². The van der Waals surface area contributed by atoms with E-state index in [1.807, 2.05) is 0 Å². The fraction of sp³-hybridized carbons (Fsp3) is 1.00. The Balaban J connectivity index is 1.59. The molecule has 0 heterocycles. The summed E-state index contributed by atoms with van der Waals surface area (Å²) in [7, 11) is 0. The molecule has 13 heavy (non-hydrogen) atoms. The highest BCUT2D eigenvalue weighted by atomic mass is 15.0. The van der Waals surface area contributed by atoms with Crippen molar-refractivity contribution >= 4 is 0 Å². The van der Waals surface area contributed by atoms with Gasteiger partial charge >= 0.3 is 0 Å². The van der Waals surface area contributed by atoms with Crippen LogP contribution in [0.2, 0.25) is 0 Å². The molecule has 4 atom stereocenters. The average Bonchev–Trinajstić information content (AvgIpc) is 2.78. The minimum atomic E-state index is 0.493. The zero-order valence-electron chi connectivity index (χ0n) is 8.63. The SMILES string of the molecule is CCC1CC1NCC1CCC(N)C1. The molecule has 0 spiro atoms. The Morgan fingerprint density at radius 3 is 2.69 bits per heavy atom. The second-order valence-corrected chi connectivity index (χ2v) is 4.86. The number of nitrogens with two attached hydrogens (primary N) is 1. The van der Waals surface area contributed by atoms with E-state index in [2.05, 4.69) is 12.2 Å². The largest absolute Gasteiger partial charge is 0.328 e. The summed E-state index contributed by atoms with van der Waals surface area (Å²) < 4.78 is 0. The van der Waals surface area contributed by atoms with Crippen LogP contribution in [0.4, 0.5) is 0 Å². The van der Waals surface area contributed by atoms with Gasteiger partial charge in [-0.15, -0.1) is 0 Å². The van der Waals surface area contributed by atoms with Gasteiger partial charge in [-0.3, -0.25) is 0 Å². The van der Waals surface area contributed by atoms with Crippen molar-refractivity contribution in [1.29, 1.82) is 0 Å². The maximum absolute atomic E-state index is 5.87. The van der Waals surface area contributed by atoms with Crippen molar-refractivity contribution in [2.45, 2.75) is 51.1 Å². The average molecular weight is 182 g/mol. The van der Waals surface area contributed by atoms with Crippen LogP contribution in [0, 0.1) is 11.8 Å². The summed E-state index contributed by atoms with van der Waals surface area (Å²) in [4.78, 5) is 0. The third-order valence-corrected chi connectivity index (χ3v) is 3.70. The van der Waals surface area contributed by atoms with E-state index in [9.17, 15) is 0 Å². The molecule has 0 radical (unpaired) electrons. The van der Waals surface area contributed by atoms with Crippen molar-refractivity contribution in [1.82, 2.24) is 5.32 Å². The smallest absolute Gasteiger partial charge is 0.00991 e. The molecule has 76 valence electrons. The number of nitrogens with one attached hydrogen (secondary N) is 1. The summed E-state index contributed by atoms with van der Waals surface area (Å²) >= 11 is 0. The van der Waals surface area contributed by atoms with Crippen molar-refractivity contribution in [2.24, 2.45) is 17.6 Å². The predicted molar refractivity (Wildman–Crippen MR) is 55.5 cm³/mol. The minimum Gasteiger partial charge on any atom is -0.328 e. The fourth-order valence-corrected chi connectivity index (χ4v) is 2.57. The molecular formula is C11H22N2. The maximum Gasteiger partial charge on any atom is 0.00991 e. The van der Waals surface area contributed by atoms with Crippen LogP contribution in [0.5, 0.6) is 0 Å². The van der Waals surface area contributed by atoms with E-state index < -0.39 is 0 Å². The third-order valence-electron chi connectivity index (χ3n) is 3.70. The van der Waals surface area contributed by atoms with Crippen molar-refractivity contribution in [3.63, 3.8) is 0 Å². The number of rotatable bonds is 4. The first-order valence-electron chi connectivity index (χ1n) is 5.78. The van der Waals surface area contributed by atoms with Gasteiger partial charge in [0, 0.05) is 12.1 Å². The summed E-state index contributed by atoms with van der Waals surface area (Å²) in [6, 6.07) is 1.34. The Morgan fingerprint density at radius 2 is 2.15 bits per heavy atom. The Kier molecular flexibility index (Phi) is 2.89. The molecule has 2 nitrogen and oxygen atoms in total. The van der Waals surface area contributed by atoms with Crippen LogP contribution >= 0.6 is 0 Å². The van der Waals surface area contributed by atoms with E-state index in [4.69, 9.17) is 5.73 Å². The van der Waals surface area contributed by atoms with Gasteiger partial charge in [-0.2, -0.15) is 0 Å². The second kappa shape index (κ2) is 3.97. The molecule has 2 heteroatoms. The lowest BCUT2D eigenvalue weighted by molar-refractivity contribution is 0.471. The lowest BCUT2D eigenvalue weighted by atomic mass is 10.1. The molecule has 2 fully saturated rings. The Hall–Kier alpha value is -0.0800. The molecule has 2 saturated carbocycles. The molecule has 0 aliphatic heterocycles. The van der Waals surface area contributed by atoms with Crippen LogP contribution in [-0.2, 0) is 0 Å². The van der Waals surface area contributed by atoms with Crippen molar-refractivity contribution in [3.8, 4) is 0 Å². The molecule has 0 aromatic carbocycles. The van der Waals surface area contributed by atoms with E-state index >= 15 is 0 Å². The zero-order chi connectivity index (χ0) is 9.26. The van der Waals surface area contributed by atoms with Gasteiger partial charge in [-0.1, -0.05) is 13.3 Å². The molecule has 0 aromatic rings. The molecule has 0 amide bonds. The van der Waals surface area contributed by atoms with E-state index in [1.54, 1.807) is 0 Å². The van der Waals surface area contributed by atoms with E-state index in [-0.39, 0.29) is 0 Å². The van der Waals surface area contributed by atoms with Gasteiger partial charge in [0.1, 0.15) is 0 Å². The van der Waals surface area contributed by atoms with Crippen LogP contribution in [0.25, 0.3) is 0 Å². The maximum atomic E-state index is 5.87. The quantitative estimate of drug-likeness (QED) is 0.691. The summed E-state index contributed by atoms with van der Waals surface area (Å²) in [6.07, 6.45) is 6.60. The molecule has 2 aliphatic rings. The first-order valence-corrected chi connectivity index (χ1v) is 5.78. The van der Waals surface area contributed by atoms with Crippen LogP contribution in [0.15, 0.2) is 0 Å². The lowest BCUT2D eigenvalue weighted by Gasteiger charge is -2.10. The molecule has 0 aromatic heterocycles. The minimum absolute atomic E-state index is 0.493. The predicted octanol–water partition coefficient (Wildman–Crippen LogP) is 1.50. The molecule has 4 unspecified atom stereocenters. The van der Waals surface area contributed by atoms with Crippen molar-refractivity contribution in [3.05, 3.63) is 0 Å². The Labute approximate surface area is 81.3 Å². The number of hydrogen-bond acceptors (Lipinski definition) is 2. The highest BCUT2D eigenvalue weighted by Gasteiger charge is 2.35. The van der Waals surface area contributed by atoms with Crippen LogP contribution in [0.3, 0.4) is 0 Å². The summed E-state index contributed by atoms with van der Waals surface area (Å²) in [6.45, 7) is 3.51. The summed E-state index contributed by atoms with van der Waals surface area (Å²) in [5, 5.41) is 3.66. The van der Waals surface area contributed by atoms with E-state index in [0.717, 1.165) is 17.9 Å². The van der Waals surface area contributed by atoms with E-state index in [0.29, 0.717) is 6.04 Å². The van der Waals surface area contributed by atoms with Crippen molar-refractivity contribution in [2.75, 3.05) is 6.54 Å². The molecular weight excluding hydrogens is 160 g/mol. The summed E-state index contributed by atoms with van der Waals surface area (Å²) in [5.41, 5.74) is 5.87. The fourth-order valence-electron chi connectivity index (χ4n) is 2.57. The highest BCUT2D eigenvalue weighted by Crippen LogP contribution is 2.33. The normalized spacial score (nSPS) is 43.8. The lowest BCUT2D eigenvalue weighted by Crippen LogP contribution is -2.25. The van der Waals surface area contributed by atoms with E-state index in [1.165, 1.54) is 38.6 Å². The van der Waals surface area contributed by atoms with Gasteiger partial charge in [0.2, 0.25) is 0 Å². The van der Waals surface area contributed by atoms with Crippen LogP contribution < -0.4 is 11.1 Å². The highest BCUT2D eigenvalue weighted by molar-refractivity contribution is 4.93. The zero-order valence-corrected chi connectivity index (χ0v) is 8.63. The van der Waals surface area contributed by atoms with Gasteiger partial charge in [0.15, 0.2) is 0 Å². The van der Waals surface area contributed by atoms with Gasteiger partial charge in [-0.25, -0.2) is 0 Å². The first-order chi connectivity index (χ1) is 6.29. The number of hydrogen-bond donors (Lipinski definition) is 2. The molecule has 3 N–H and O–H groups in total. The molecule has 2 rings (SSSR count). The molecule has 2 aliphatic carbocycles. The topological polar surface area (TPSA) is 38.0 Å². The third kappa shape index (κ3) is 2.44. The monoisotopic (exact) mass is 182 g/mol. The van der Waals surface area contributed by atoms with Gasteiger partial charge in [0.05, 0.1) is 0 Å². The summed E-state index contributed by atoms with van der Waals surface area (Å²) in [5.74, 6) is 1.85.